The molecule has 2 heteroatoms. The van der Waals surface area contributed by atoms with Gasteiger partial charge in [-0.2, -0.15) is 0 Å². The highest BCUT2D eigenvalue weighted by Crippen LogP contribution is 2.41. The Morgan fingerprint density at radius 3 is 2.67 bits per heavy atom. The second-order valence-corrected chi connectivity index (χ2v) is 6.99. The Morgan fingerprint density at radius 1 is 1.25 bits per heavy atom. The van der Waals surface area contributed by atoms with Crippen molar-refractivity contribution in [3.63, 3.8) is 0 Å². The highest BCUT2D eigenvalue weighted by Gasteiger charge is 2.42. The number of allylic oxidation sites excluding steroid dienone is 3. The van der Waals surface area contributed by atoms with Crippen LogP contribution in [0, 0.1) is 11.3 Å². The van der Waals surface area contributed by atoms with Gasteiger partial charge in [0.1, 0.15) is 0 Å². The Morgan fingerprint density at radius 2 is 2.00 bits per heavy atom. The van der Waals surface area contributed by atoms with Gasteiger partial charge in [0.25, 0.3) is 0 Å². The van der Waals surface area contributed by atoms with Crippen molar-refractivity contribution in [2.24, 2.45) is 11.3 Å². The molecule has 0 saturated heterocycles. The monoisotopic (exact) mass is 326 g/mol. The number of carboxylic acid groups (broad SMARTS) is 1. The zero-order chi connectivity index (χ0) is 17.6. The quantitative estimate of drug-likeness (QED) is 0.661. The van der Waals surface area contributed by atoms with E-state index >= 15 is 0 Å². The van der Waals surface area contributed by atoms with E-state index in [9.17, 15) is 9.90 Å². The average molecular weight is 326 g/mol. The lowest BCUT2D eigenvalue weighted by Gasteiger charge is -2.35. The zero-order valence-corrected chi connectivity index (χ0v) is 15.2. The maximum Gasteiger partial charge on any atom is 0.314 e. The molecule has 24 heavy (non-hydrogen) atoms. The minimum atomic E-state index is -0.741. The molecule has 1 aromatic carbocycles. The first-order valence-electron chi connectivity index (χ1n) is 9.22. The number of benzene rings is 1. The Bertz CT molecular complexity index is 614. The van der Waals surface area contributed by atoms with Gasteiger partial charge >= 0.3 is 5.97 Å². The van der Waals surface area contributed by atoms with Crippen molar-refractivity contribution < 1.29 is 9.90 Å². The lowest BCUT2D eigenvalue weighted by Crippen LogP contribution is -2.37. The molecule has 1 aromatic rings. The number of hydrogen-bond donors (Lipinski definition) is 1. The lowest BCUT2D eigenvalue weighted by molar-refractivity contribution is -0.148. The van der Waals surface area contributed by atoms with Crippen LogP contribution in [0.25, 0.3) is 0 Å². The maximum atomic E-state index is 12.0. The smallest absolute Gasteiger partial charge is 0.314 e. The molecule has 0 amide bonds. The van der Waals surface area contributed by atoms with Gasteiger partial charge in [-0.3, -0.25) is 4.79 Å². The van der Waals surface area contributed by atoms with E-state index in [0.717, 1.165) is 25.7 Å². The van der Waals surface area contributed by atoms with Crippen LogP contribution in [0.4, 0.5) is 0 Å². The summed E-state index contributed by atoms with van der Waals surface area (Å²) in [5, 5.41) is 9.88. The third-order valence-corrected chi connectivity index (χ3v) is 5.49. The molecular weight excluding hydrogens is 296 g/mol. The van der Waals surface area contributed by atoms with Gasteiger partial charge in [-0.15, -0.1) is 0 Å². The second-order valence-electron chi connectivity index (χ2n) is 6.99. The summed E-state index contributed by atoms with van der Waals surface area (Å²) in [5.41, 5.74) is 2.03. The third kappa shape index (κ3) is 3.80. The summed E-state index contributed by atoms with van der Waals surface area (Å²) < 4.78 is 0. The van der Waals surface area contributed by atoms with Crippen molar-refractivity contribution in [3.8, 4) is 0 Å². The molecule has 0 saturated carbocycles. The molecule has 0 fully saturated rings. The van der Waals surface area contributed by atoms with Crippen LogP contribution < -0.4 is 0 Å². The van der Waals surface area contributed by atoms with Gasteiger partial charge in [0.2, 0.25) is 0 Å². The van der Waals surface area contributed by atoms with Crippen molar-refractivity contribution >= 4 is 5.97 Å². The highest BCUT2D eigenvalue weighted by atomic mass is 16.4. The molecule has 1 aliphatic rings. The summed E-state index contributed by atoms with van der Waals surface area (Å²) in [4.78, 5) is 12.0. The summed E-state index contributed by atoms with van der Waals surface area (Å²) in [7, 11) is 0. The van der Waals surface area contributed by atoms with E-state index in [1.807, 2.05) is 18.2 Å². The van der Waals surface area contributed by atoms with Crippen molar-refractivity contribution in [1.29, 1.82) is 0 Å². The van der Waals surface area contributed by atoms with Crippen molar-refractivity contribution in [2.75, 3.05) is 0 Å². The summed E-state index contributed by atoms with van der Waals surface area (Å²) in [6.45, 7) is 6.54. The third-order valence-electron chi connectivity index (χ3n) is 5.49. The molecular formula is C22H30O2. The number of carboxylic acids is 1. The largest absolute Gasteiger partial charge is 0.481 e. The minimum absolute atomic E-state index is 0.0601. The number of aliphatic carboxylic acids is 1. The predicted molar refractivity (Wildman–Crippen MR) is 100 cm³/mol. The summed E-state index contributed by atoms with van der Waals surface area (Å²) >= 11 is 0. The molecule has 0 heterocycles. The summed E-state index contributed by atoms with van der Waals surface area (Å²) in [6.07, 6.45) is 12.4. The van der Waals surface area contributed by atoms with Gasteiger partial charge in [0.15, 0.2) is 0 Å². The van der Waals surface area contributed by atoms with Crippen LogP contribution in [-0.2, 0) is 11.2 Å². The van der Waals surface area contributed by atoms with E-state index in [2.05, 4.69) is 51.1 Å². The Hall–Kier alpha value is -1.83. The van der Waals surface area contributed by atoms with Crippen LogP contribution in [-0.4, -0.2) is 11.1 Å². The fourth-order valence-corrected chi connectivity index (χ4v) is 3.87. The Kier molecular flexibility index (Phi) is 6.42. The minimum Gasteiger partial charge on any atom is -0.481 e. The van der Waals surface area contributed by atoms with Crippen molar-refractivity contribution in [2.45, 2.75) is 58.8 Å². The van der Waals surface area contributed by atoms with Gasteiger partial charge < -0.3 is 5.11 Å². The first-order valence-corrected chi connectivity index (χ1v) is 9.22. The second kappa shape index (κ2) is 8.32. The first-order chi connectivity index (χ1) is 11.5. The van der Waals surface area contributed by atoms with Crippen LogP contribution in [0.1, 0.15) is 63.5 Å². The first kappa shape index (κ1) is 18.5. The number of rotatable bonds is 8. The lowest BCUT2D eigenvalue weighted by atomic mass is 9.68. The molecule has 1 N–H and O–H groups in total. The van der Waals surface area contributed by atoms with Crippen LogP contribution in [0.15, 0.2) is 48.6 Å². The molecule has 3 atom stereocenters. The van der Waals surface area contributed by atoms with Crippen LogP contribution in [0.2, 0.25) is 0 Å². The van der Waals surface area contributed by atoms with Gasteiger partial charge in [0, 0.05) is 0 Å². The number of aryl methyl sites for hydroxylation is 1. The zero-order valence-electron chi connectivity index (χ0n) is 15.2. The van der Waals surface area contributed by atoms with E-state index in [1.54, 1.807) is 0 Å². The maximum absolute atomic E-state index is 12.0. The van der Waals surface area contributed by atoms with E-state index in [-0.39, 0.29) is 5.92 Å². The predicted octanol–water partition coefficient (Wildman–Crippen LogP) is 5.75. The van der Waals surface area contributed by atoms with Gasteiger partial charge in [-0.05, 0) is 48.6 Å². The summed E-state index contributed by atoms with van der Waals surface area (Å²) in [5.74, 6) is -0.0852. The molecule has 0 aromatic heterocycles. The fourth-order valence-electron chi connectivity index (χ4n) is 3.87. The number of hydrogen-bond acceptors (Lipinski definition) is 1. The highest BCUT2D eigenvalue weighted by molar-refractivity contribution is 5.78. The topological polar surface area (TPSA) is 37.3 Å². The fraction of sp³-hybridized carbons (Fsp3) is 0.500. The van der Waals surface area contributed by atoms with Gasteiger partial charge in [-0.25, -0.2) is 0 Å². The molecule has 3 unspecified atom stereocenters. The van der Waals surface area contributed by atoms with E-state index < -0.39 is 11.4 Å². The average Bonchev–Trinajstić information content (AvgIpc) is 2.60. The molecule has 0 radical (unpaired) electrons. The van der Waals surface area contributed by atoms with E-state index in [4.69, 9.17) is 0 Å². The normalized spacial score (nSPS) is 24.0. The van der Waals surface area contributed by atoms with Gasteiger partial charge in [0.05, 0.1) is 5.41 Å². The van der Waals surface area contributed by atoms with Crippen LogP contribution in [0.5, 0.6) is 0 Å². The molecule has 0 aliphatic heterocycles. The van der Waals surface area contributed by atoms with Gasteiger partial charge in [-0.1, -0.05) is 75.8 Å². The molecule has 1 aliphatic carbocycles. The molecule has 130 valence electrons. The van der Waals surface area contributed by atoms with Crippen molar-refractivity contribution in [1.82, 2.24) is 0 Å². The Balaban J connectivity index is 2.20. The van der Waals surface area contributed by atoms with Crippen LogP contribution in [0.3, 0.4) is 0 Å². The van der Waals surface area contributed by atoms with E-state index in [1.165, 1.54) is 11.1 Å². The molecule has 0 spiro atoms. The van der Waals surface area contributed by atoms with Crippen molar-refractivity contribution in [3.05, 3.63) is 59.7 Å². The standard InChI is InChI=1S/C22H30O2/c1-4-15-22(21(23)24)16-9-8-11-19(22)14-13-18-10-6-7-12-20(18)17(3)5-2/h6-12,16-17,19H,4-5,13-15H2,1-3H3,(H,23,24). The number of carbonyl (C=O) groups is 1. The van der Waals surface area contributed by atoms with Crippen LogP contribution >= 0.6 is 0 Å². The molecule has 0 bridgehead atoms. The molecule has 2 nitrogen and oxygen atoms in total. The Labute approximate surface area is 146 Å². The SMILES string of the molecule is CCCC1(C(=O)O)C=CC=CC1CCc1ccccc1C(C)CC. The molecule has 2 rings (SSSR count). The van der Waals surface area contributed by atoms with E-state index in [0.29, 0.717) is 12.3 Å². The summed E-state index contributed by atoms with van der Waals surface area (Å²) in [6, 6.07) is 8.62.